The summed E-state index contributed by atoms with van der Waals surface area (Å²) in [7, 11) is 0. The maximum absolute atomic E-state index is 10.9. The molecule has 0 amide bonds. The number of non-ortho nitro benzene ring substituents is 1. The maximum Gasteiger partial charge on any atom is 0.297 e. The number of aryl methyl sites for hydroxylation is 3. The first-order valence-corrected chi connectivity index (χ1v) is 4.89. The molecule has 2 rings (SSSR count). The van der Waals surface area contributed by atoms with E-state index in [1.54, 1.807) is 6.92 Å². The van der Waals surface area contributed by atoms with E-state index in [9.17, 15) is 10.1 Å². The molecular formula is C11H11N3O2. The van der Waals surface area contributed by atoms with Gasteiger partial charge in [0.15, 0.2) is 5.52 Å². The van der Waals surface area contributed by atoms with Gasteiger partial charge in [0.25, 0.3) is 5.69 Å². The van der Waals surface area contributed by atoms with Crippen molar-refractivity contribution in [1.82, 2.24) is 9.97 Å². The Bertz CT molecular complexity index is 593. The molecule has 0 unspecified atom stereocenters. The van der Waals surface area contributed by atoms with E-state index in [0.717, 1.165) is 17.0 Å². The second-order valence-corrected chi connectivity index (χ2v) is 3.80. The van der Waals surface area contributed by atoms with Crippen molar-refractivity contribution < 1.29 is 4.92 Å². The van der Waals surface area contributed by atoms with Crippen LogP contribution in [0.4, 0.5) is 5.69 Å². The molecule has 0 fully saturated rings. The molecule has 0 aliphatic rings. The van der Waals surface area contributed by atoms with Crippen molar-refractivity contribution in [2.24, 2.45) is 0 Å². The van der Waals surface area contributed by atoms with Crippen LogP contribution in [-0.4, -0.2) is 14.9 Å². The van der Waals surface area contributed by atoms with Crippen LogP contribution < -0.4 is 0 Å². The third-order valence-electron chi connectivity index (χ3n) is 2.50. The third-order valence-corrected chi connectivity index (χ3v) is 2.50. The van der Waals surface area contributed by atoms with Crippen LogP contribution in [0.1, 0.15) is 17.0 Å². The minimum atomic E-state index is -0.418. The minimum absolute atomic E-state index is 0.0191. The SMILES string of the molecule is Cc1cc([N+](=O)[O-])c2nc(C)c(C)nc2c1. The summed E-state index contributed by atoms with van der Waals surface area (Å²) in [5, 5.41) is 10.9. The Morgan fingerprint density at radius 1 is 1.12 bits per heavy atom. The van der Waals surface area contributed by atoms with Crippen LogP contribution in [-0.2, 0) is 0 Å². The molecule has 82 valence electrons. The van der Waals surface area contributed by atoms with Crippen molar-refractivity contribution in [2.75, 3.05) is 0 Å². The lowest BCUT2D eigenvalue weighted by Crippen LogP contribution is -1.98. The number of nitro groups is 1. The van der Waals surface area contributed by atoms with Crippen LogP contribution in [0.2, 0.25) is 0 Å². The minimum Gasteiger partial charge on any atom is -0.258 e. The van der Waals surface area contributed by atoms with Crippen molar-refractivity contribution in [3.05, 3.63) is 39.2 Å². The van der Waals surface area contributed by atoms with Crippen molar-refractivity contribution in [1.29, 1.82) is 0 Å². The fourth-order valence-corrected chi connectivity index (χ4v) is 1.59. The molecule has 0 aliphatic carbocycles. The summed E-state index contributed by atoms with van der Waals surface area (Å²) in [6, 6.07) is 3.33. The smallest absolute Gasteiger partial charge is 0.258 e. The molecule has 0 radical (unpaired) electrons. The van der Waals surface area contributed by atoms with Crippen molar-refractivity contribution in [3.63, 3.8) is 0 Å². The molecule has 2 aromatic rings. The van der Waals surface area contributed by atoms with Gasteiger partial charge in [0.05, 0.1) is 21.8 Å². The van der Waals surface area contributed by atoms with Gasteiger partial charge in [-0.05, 0) is 32.4 Å². The highest BCUT2D eigenvalue weighted by Gasteiger charge is 2.15. The fraction of sp³-hybridized carbons (Fsp3) is 0.273. The Kier molecular flexibility index (Phi) is 2.30. The highest BCUT2D eigenvalue weighted by Crippen LogP contribution is 2.25. The quantitative estimate of drug-likeness (QED) is 0.543. The first-order chi connectivity index (χ1) is 7.49. The van der Waals surface area contributed by atoms with Gasteiger partial charge in [-0.3, -0.25) is 10.1 Å². The van der Waals surface area contributed by atoms with E-state index < -0.39 is 4.92 Å². The largest absolute Gasteiger partial charge is 0.297 e. The highest BCUT2D eigenvalue weighted by atomic mass is 16.6. The van der Waals surface area contributed by atoms with E-state index in [0.29, 0.717) is 11.0 Å². The summed E-state index contributed by atoms with van der Waals surface area (Å²) in [5.74, 6) is 0. The number of rotatable bonds is 1. The van der Waals surface area contributed by atoms with Crippen LogP contribution in [0.3, 0.4) is 0 Å². The zero-order valence-electron chi connectivity index (χ0n) is 9.31. The summed E-state index contributed by atoms with van der Waals surface area (Å²) in [5.41, 5.74) is 3.29. The Labute approximate surface area is 92.3 Å². The number of nitro benzene ring substituents is 1. The molecule has 0 saturated carbocycles. The molecule has 0 aliphatic heterocycles. The van der Waals surface area contributed by atoms with E-state index in [-0.39, 0.29) is 5.69 Å². The van der Waals surface area contributed by atoms with Crippen molar-refractivity contribution in [2.45, 2.75) is 20.8 Å². The maximum atomic E-state index is 10.9. The number of aromatic nitrogens is 2. The third kappa shape index (κ3) is 1.60. The van der Waals surface area contributed by atoms with Crippen LogP contribution in [0.15, 0.2) is 12.1 Å². The van der Waals surface area contributed by atoms with Gasteiger partial charge in [-0.25, -0.2) is 9.97 Å². The Morgan fingerprint density at radius 2 is 1.75 bits per heavy atom. The lowest BCUT2D eigenvalue weighted by molar-refractivity contribution is -0.383. The number of nitrogens with zero attached hydrogens (tertiary/aromatic N) is 3. The standard InChI is InChI=1S/C11H11N3O2/c1-6-4-9-11(10(5-6)14(15)16)13-8(3)7(2)12-9/h4-5H,1-3H3. The highest BCUT2D eigenvalue weighted by molar-refractivity contribution is 5.85. The van der Waals surface area contributed by atoms with Gasteiger partial charge in [0, 0.05) is 6.07 Å². The summed E-state index contributed by atoms with van der Waals surface area (Å²) in [6.45, 7) is 5.45. The molecule has 0 atom stereocenters. The van der Waals surface area contributed by atoms with E-state index in [1.807, 2.05) is 19.9 Å². The lowest BCUT2D eigenvalue weighted by atomic mass is 10.1. The van der Waals surface area contributed by atoms with Gasteiger partial charge in [-0.1, -0.05) is 0 Å². The molecule has 5 nitrogen and oxygen atoms in total. The average molecular weight is 217 g/mol. The van der Waals surface area contributed by atoms with Gasteiger partial charge in [-0.2, -0.15) is 0 Å². The summed E-state index contributed by atoms with van der Waals surface area (Å²) < 4.78 is 0. The molecule has 1 aromatic carbocycles. The second kappa shape index (κ2) is 3.52. The molecule has 16 heavy (non-hydrogen) atoms. The number of fused-ring (bicyclic) bond motifs is 1. The molecule has 0 bridgehead atoms. The van der Waals surface area contributed by atoms with Crippen molar-refractivity contribution in [3.8, 4) is 0 Å². The predicted octanol–water partition coefficient (Wildman–Crippen LogP) is 2.46. The first-order valence-electron chi connectivity index (χ1n) is 4.89. The van der Waals surface area contributed by atoms with Crippen LogP contribution in [0, 0.1) is 30.9 Å². The number of hydrogen-bond acceptors (Lipinski definition) is 4. The summed E-state index contributed by atoms with van der Waals surface area (Å²) >= 11 is 0. The monoisotopic (exact) mass is 217 g/mol. The van der Waals surface area contributed by atoms with Gasteiger partial charge in [0.2, 0.25) is 0 Å². The normalized spacial score (nSPS) is 10.7. The van der Waals surface area contributed by atoms with Gasteiger partial charge in [0.1, 0.15) is 0 Å². The molecule has 5 heteroatoms. The van der Waals surface area contributed by atoms with Gasteiger partial charge >= 0.3 is 0 Å². The Balaban J connectivity index is 2.90. The molecule has 0 N–H and O–H groups in total. The fourth-order valence-electron chi connectivity index (χ4n) is 1.59. The second-order valence-electron chi connectivity index (χ2n) is 3.80. The van der Waals surface area contributed by atoms with Crippen LogP contribution >= 0.6 is 0 Å². The Hall–Kier alpha value is -2.04. The van der Waals surface area contributed by atoms with E-state index in [4.69, 9.17) is 0 Å². The number of benzene rings is 1. The van der Waals surface area contributed by atoms with Gasteiger partial charge < -0.3 is 0 Å². The van der Waals surface area contributed by atoms with Gasteiger partial charge in [-0.15, -0.1) is 0 Å². The van der Waals surface area contributed by atoms with E-state index in [2.05, 4.69) is 9.97 Å². The summed E-state index contributed by atoms with van der Waals surface area (Å²) in [4.78, 5) is 19.0. The Morgan fingerprint density at radius 3 is 2.38 bits per heavy atom. The first kappa shape index (κ1) is 10.5. The molecular weight excluding hydrogens is 206 g/mol. The number of hydrogen-bond donors (Lipinski definition) is 0. The molecule has 1 aromatic heterocycles. The van der Waals surface area contributed by atoms with Crippen molar-refractivity contribution >= 4 is 16.7 Å². The zero-order valence-corrected chi connectivity index (χ0v) is 9.31. The van der Waals surface area contributed by atoms with E-state index in [1.165, 1.54) is 6.07 Å². The average Bonchev–Trinajstić information content (AvgIpc) is 2.19. The molecule has 1 heterocycles. The van der Waals surface area contributed by atoms with E-state index >= 15 is 0 Å². The topological polar surface area (TPSA) is 68.9 Å². The predicted molar refractivity (Wildman–Crippen MR) is 60.4 cm³/mol. The molecule has 0 spiro atoms. The zero-order chi connectivity index (χ0) is 11.9. The molecule has 0 saturated heterocycles. The van der Waals surface area contributed by atoms with Crippen LogP contribution in [0.25, 0.3) is 11.0 Å². The summed E-state index contributed by atoms with van der Waals surface area (Å²) in [6.07, 6.45) is 0. The van der Waals surface area contributed by atoms with Crippen LogP contribution in [0.5, 0.6) is 0 Å². The lowest BCUT2D eigenvalue weighted by Gasteiger charge is -2.04.